The van der Waals surface area contributed by atoms with Gasteiger partial charge in [0.2, 0.25) is 0 Å². The number of benzene rings is 1. The summed E-state index contributed by atoms with van der Waals surface area (Å²) >= 11 is 0. The highest BCUT2D eigenvalue weighted by molar-refractivity contribution is 5.30. The van der Waals surface area contributed by atoms with E-state index < -0.39 is 0 Å². The van der Waals surface area contributed by atoms with Crippen molar-refractivity contribution in [2.75, 3.05) is 27.2 Å². The summed E-state index contributed by atoms with van der Waals surface area (Å²) in [4.78, 5) is 2.37. The molecule has 3 nitrogen and oxygen atoms in total. The van der Waals surface area contributed by atoms with E-state index in [-0.39, 0.29) is 11.9 Å². The van der Waals surface area contributed by atoms with E-state index >= 15 is 0 Å². The molecule has 1 N–H and O–H groups in total. The Balaban J connectivity index is 1.97. The number of ether oxygens (including phenoxy) is 1. The molecule has 1 saturated heterocycles. The molecule has 1 aliphatic heterocycles. The Morgan fingerprint density at radius 2 is 2.15 bits per heavy atom. The molecular weight excluding hydrogens is 255 g/mol. The summed E-state index contributed by atoms with van der Waals surface area (Å²) in [6, 6.07) is 5.87. The molecule has 0 bridgehead atoms. The van der Waals surface area contributed by atoms with Crippen molar-refractivity contribution in [2.24, 2.45) is 0 Å². The summed E-state index contributed by atoms with van der Waals surface area (Å²) < 4.78 is 18.7. The van der Waals surface area contributed by atoms with E-state index in [0.717, 1.165) is 18.5 Å². The van der Waals surface area contributed by atoms with Crippen LogP contribution in [0.3, 0.4) is 0 Å². The monoisotopic (exact) mass is 280 g/mol. The third-order valence-corrected chi connectivity index (χ3v) is 4.11. The maximum absolute atomic E-state index is 13.7. The zero-order chi connectivity index (χ0) is 14.5. The summed E-state index contributed by atoms with van der Waals surface area (Å²) in [5, 5.41) is 3.63. The molecule has 0 aliphatic carbocycles. The first-order valence-corrected chi connectivity index (χ1v) is 7.38. The quantitative estimate of drug-likeness (QED) is 0.917. The highest BCUT2D eigenvalue weighted by Crippen LogP contribution is 2.23. The van der Waals surface area contributed by atoms with Crippen molar-refractivity contribution < 1.29 is 9.13 Å². The third-order valence-electron chi connectivity index (χ3n) is 4.11. The largest absolute Gasteiger partial charge is 0.494 e. The number of hydrogen-bond donors (Lipinski definition) is 1. The molecule has 0 amide bonds. The molecule has 4 heteroatoms. The van der Waals surface area contributed by atoms with Crippen molar-refractivity contribution in [1.82, 2.24) is 10.2 Å². The summed E-state index contributed by atoms with van der Waals surface area (Å²) in [5.74, 6) is 0.0105. The zero-order valence-electron chi connectivity index (χ0n) is 12.7. The number of rotatable bonds is 4. The van der Waals surface area contributed by atoms with Crippen molar-refractivity contribution in [3.05, 3.63) is 29.6 Å². The molecule has 1 aliphatic rings. The lowest BCUT2D eigenvalue weighted by Gasteiger charge is -2.22. The molecule has 1 aromatic carbocycles. The lowest BCUT2D eigenvalue weighted by atomic mass is 10.0. The number of nitrogens with one attached hydrogen (secondary N) is 1. The van der Waals surface area contributed by atoms with Gasteiger partial charge in [-0.3, -0.25) is 0 Å². The molecule has 0 aromatic heterocycles. The molecule has 2 atom stereocenters. The summed E-state index contributed by atoms with van der Waals surface area (Å²) in [6.45, 7) is 4.39. The minimum absolute atomic E-state index is 0.156. The van der Waals surface area contributed by atoms with Gasteiger partial charge in [0.05, 0.1) is 7.11 Å². The van der Waals surface area contributed by atoms with Crippen LogP contribution in [0.2, 0.25) is 0 Å². The topological polar surface area (TPSA) is 24.5 Å². The van der Waals surface area contributed by atoms with Crippen molar-refractivity contribution >= 4 is 0 Å². The van der Waals surface area contributed by atoms with Crippen molar-refractivity contribution in [3.8, 4) is 5.75 Å². The van der Waals surface area contributed by atoms with Gasteiger partial charge in [0, 0.05) is 12.1 Å². The molecule has 2 rings (SSSR count). The number of methoxy groups -OCH3 is 1. The average Bonchev–Trinajstić information content (AvgIpc) is 2.63. The number of halogens is 1. The molecule has 20 heavy (non-hydrogen) atoms. The van der Waals surface area contributed by atoms with Gasteiger partial charge in [0.15, 0.2) is 11.6 Å². The molecule has 2 unspecified atom stereocenters. The van der Waals surface area contributed by atoms with Crippen LogP contribution in [0.15, 0.2) is 18.2 Å². The first-order valence-electron chi connectivity index (χ1n) is 7.38. The van der Waals surface area contributed by atoms with Crippen LogP contribution < -0.4 is 10.1 Å². The molecule has 1 fully saturated rings. The fourth-order valence-electron chi connectivity index (χ4n) is 2.81. The summed E-state index contributed by atoms with van der Waals surface area (Å²) in [6.07, 6.45) is 3.56. The Hall–Kier alpha value is -1.13. The zero-order valence-corrected chi connectivity index (χ0v) is 12.7. The van der Waals surface area contributed by atoms with E-state index in [2.05, 4.69) is 24.2 Å². The van der Waals surface area contributed by atoms with Crippen LogP contribution in [0, 0.1) is 5.82 Å². The molecule has 112 valence electrons. The van der Waals surface area contributed by atoms with Crippen LogP contribution >= 0.6 is 0 Å². The average molecular weight is 280 g/mol. The van der Waals surface area contributed by atoms with Gasteiger partial charge in [-0.2, -0.15) is 0 Å². The third kappa shape index (κ3) is 3.93. The predicted octanol–water partition coefficient (Wildman–Crippen LogP) is 2.97. The minimum Gasteiger partial charge on any atom is -0.494 e. The Kier molecular flexibility index (Phi) is 5.38. The Morgan fingerprint density at radius 1 is 1.35 bits per heavy atom. The summed E-state index contributed by atoms with van der Waals surface area (Å²) in [7, 11) is 3.66. The van der Waals surface area contributed by atoms with Crippen molar-refractivity contribution in [1.29, 1.82) is 0 Å². The molecule has 1 heterocycles. The standard InChI is InChI=1S/C16H25FN2O/c1-12(13-6-7-16(20-3)15(17)11-13)18-14-5-4-9-19(2)10-8-14/h6-7,11-12,14,18H,4-5,8-10H2,1-3H3. The molecular formula is C16H25FN2O. The van der Waals surface area contributed by atoms with Crippen molar-refractivity contribution in [2.45, 2.75) is 38.3 Å². The lowest BCUT2D eigenvalue weighted by molar-refractivity contribution is 0.340. The van der Waals surface area contributed by atoms with E-state index in [4.69, 9.17) is 4.74 Å². The molecule has 0 saturated carbocycles. The van der Waals surface area contributed by atoms with E-state index in [1.165, 1.54) is 26.5 Å². The number of nitrogens with zero attached hydrogens (tertiary/aromatic N) is 1. The minimum atomic E-state index is -0.292. The number of likely N-dealkylation sites (tertiary alicyclic amines) is 1. The van der Waals surface area contributed by atoms with Crippen LogP contribution in [-0.2, 0) is 0 Å². The second-order valence-corrected chi connectivity index (χ2v) is 5.71. The van der Waals surface area contributed by atoms with Crippen LogP contribution in [0.5, 0.6) is 5.75 Å². The molecule has 1 aromatic rings. The van der Waals surface area contributed by atoms with Gasteiger partial charge in [0.1, 0.15) is 0 Å². The second-order valence-electron chi connectivity index (χ2n) is 5.71. The fraction of sp³-hybridized carbons (Fsp3) is 0.625. The lowest BCUT2D eigenvalue weighted by Crippen LogP contribution is -2.32. The van der Waals surface area contributed by atoms with Crippen LogP contribution in [0.4, 0.5) is 4.39 Å². The van der Waals surface area contributed by atoms with Crippen LogP contribution in [-0.4, -0.2) is 38.2 Å². The highest BCUT2D eigenvalue weighted by Gasteiger charge is 2.18. The van der Waals surface area contributed by atoms with E-state index in [1.54, 1.807) is 12.1 Å². The Labute approximate surface area is 121 Å². The van der Waals surface area contributed by atoms with Gasteiger partial charge in [-0.05, 0) is 64.0 Å². The molecule has 0 radical (unpaired) electrons. The van der Waals surface area contributed by atoms with Gasteiger partial charge >= 0.3 is 0 Å². The van der Waals surface area contributed by atoms with E-state index in [9.17, 15) is 4.39 Å². The normalized spacial score (nSPS) is 22.3. The van der Waals surface area contributed by atoms with E-state index in [0.29, 0.717) is 11.8 Å². The van der Waals surface area contributed by atoms with Gasteiger partial charge in [-0.1, -0.05) is 6.07 Å². The summed E-state index contributed by atoms with van der Waals surface area (Å²) in [5.41, 5.74) is 0.973. The molecule has 0 spiro atoms. The van der Waals surface area contributed by atoms with Gasteiger partial charge in [-0.25, -0.2) is 4.39 Å². The van der Waals surface area contributed by atoms with Gasteiger partial charge in [0.25, 0.3) is 0 Å². The first kappa shape index (κ1) is 15.3. The number of hydrogen-bond acceptors (Lipinski definition) is 3. The van der Waals surface area contributed by atoms with Crippen LogP contribution in [0.25, 0.3) is 0 Å². The van der Waals surface area contributed by atoms with Gasteiger partial charge < -0.3 is 15.0 Å². The Morgan fingerprint density at radius 3 is 2.85 bits per heavy atom. The highest BCUT2D eigenvalue weighted by atomic mass is 19.1. The fourth-order valence-corrected chi connectivity index (χ4v) is 2.81. The SMILES string of the molecule is COc1ccc(C(C)NC2CCCN(C)CC2)cc1F. The second kappa shape index (κ2) is 7.04. The van der Waals surface area contributed by atoms with E-state index in [1.807, 2.05) is 6.07 Å². The van der Waals surface area contributed by atoms with Crippen molar-refractivity contribution in [3.63, 3.8) is 0 Å². The first-order chi connectivity index (χ1) is 9.60. The van der Waals surface area contributed by atoms with Crippen LogP contribution in [0.1, 0.15) is 37.8 Å². The Bertz CT molecular complexity index is 438. The maximum Gasteiger partial charge on any atom is 0.165 e. The predicted molar refractivity (Wildman–Crippen MR) is 79.6 cm³/mol. The maximum atomic E-state index is 13.7. The smallest absolute Gasteiger partial charge is 0.165 e. The van der Waals surface area contributed by atoms with Gasteiger partial charge in [-0.15, -0.1) is 0 Å².